The Hall–Kier alpha value is -0.120. The summed E-state index contributed by atoms with van der Waals surface area (Å²) in [4.78, 5) is 2.63. The zero-order valence-corrected chi connectivity index (χ0v) is 13.5. The van der Waals surface area contributed by atoms with Gasteiger partial charge in [-0.2, -0.15) is 0 Å². The molecule has 2 rings (SSSR count). The molecule has 0 radical (unpaired) electrons. The highest BCUT2D eigenvalue weighted by molar-refractivity contribution is 4.89. The van der Waals surface area contributed by atoms with Crippen LogP contribution in [0.1, 0.15) is 58.8 Å². The lowest BCUT2D eigenvalue weighted by Gasteiger charge is -2.44. The van der Waals surface area contributed by atoms with Crippen molar-refractivity contribution < 1.29 is 5.11 Å². The molecule has 0 aromatic rings. The Bertz CT molecular complexity index is 287. The van der Waals surface area contributed by atoms with E-state index in [-0.39, 0.29) is 5.41 Å². The van der Waals surface area contributed by atoms with Crippen LogP contribution in [0, 0.1) is 17.3 Å². The Kier molecular flexibility index (Phi) is 5.88. The first-order valence-electron chi connectivity index (χ1n) is 8.62. The van der Waals surface area contributed by atoms with E-state index < -0.39 is 0 Å². The number of likely N-dealkylation sites (tertiary alicyclic amines) is 1. The molecular formula is C17H34N2O. The van der Waals surface area contributed by atoms with Crippen molar-refractivity contribution in [2.24, 2.45) is 23.0 Å². The molecule has 2 fully saturated rings. The molecule has 0 aromatic carbocycles. The van der Waals surface area contributed by atoms with Crippen molar-refractivity contribution in [3.8, 4) is 0 Å². The maximum absolute atomic E-state index is 9.91. The maximum atomic E-state index is 9.91. The van der Waals surface area contributed by atoms with Gasteiger partial charge in [0, 0.05) is 31.2 Å². The fraction of sp³-hybridized carbons (Fsp3) is 1.00. The Labute approximate surface area is 124 Å². The van der Waals surface area contributed by atoms with Gasteiger partial charge in [-0.05, 0) is 63.3 Å². The van der Waals surface area contributed by atoms with Crippen LogP contribution >= 0.6 is 0 Å². The minimum Gasteiger partial charge on any atom is -0.396 e. The Morgan fingerprint density at radius 2 is 1.95 bits per heavy atom. The van der Waals surface area contributed by atoms with E-state index >= 15 is 0 Å². The third-order valence-electron chi connectivity index (χ3n) is 5.32. The van der Waals surface area contributed by atoms with Gasteiger partial charge in [-0.25, -0.2) is 0 Å². The normalized spacial score (nSPS) is 36.5. The summed E-state index contributed by atoms with van der Waals surface area (Å²) in [5, 5.41) is 9.91. The molecule has 0 aromatic heterocycles. The first-order valence-corrected chi connectivity index (χ1v) is 8.62. The van der Waals surface area contributed by atoms with Crippen molar-refractivity contribution in [3.63, 3.8) is 0 Å². The molecule has 118 valence electrons. The number of piperidine rings is 1. The summed E-state index contributed by atoms with van der Waals surface area (Å²) in [5.74, 6) is 1.51. The number of aliphatic hydroxyl groups excluding tert-OH is 1. The minimum absolute atomic E-state index is 0.164. The second-order valence-electron chi connectivity index (χ2n) is 7.88. The summed E-state index contributed by atoms with van der Waals surface area (Å²) in [6.45, 7) is 8.47. The molecule has 0 spiro atoms. The van der Waals surface area contributed by atoms with Crippen molar-refractivity contribution in [3.05, 3.63) is 0 Å². The highest BCUT2D eigenvalue weighted by Crippen LogP contribution is 2.36. The van der Waals surface area contributed by atoms with Gasteiger partial charge in [0.2, 0.25) is 0 Å². The zero-order valence-electron chi connectivity index (χ0n) is 13.5. The summed E-state index contributed by atoms with van der Waals surface area (Å²) >= 11 is 0. The molecule has 3 N–H and O–H groups in total. The van der Waals surface area contributed by atoms with Gasteiger partial charge >= 0.3 is 0 Å². The van der Waals surface area contributed by atoms with Gasteiger partial charge in [-0.15, -0.1) is 0 Å². The van der Waals surface area contributed by atoms with Gasteiger partial charge in [0.05, 0.1) is 0 Å². The average molecular weight is 282 g/mol. The topological polar surface area (TPSA) is 49.5 Å². The van der Waals surface area contributed by atoms with Gasteiger partial charge in [0.1, 0.15) is 0 Å². The lowest BCUT2D eigenvalue weighted by atomic mass is 9.74. The Morgan fingerprint density at radius 1 is 1.25 bits per heavy atom. The van der Waals surface area contributed by atoms with Gasteiger partial charge in [0.25, 0.3) is 0 Å². The van der Waals surface area contributed by atoms with Crippen molar-refractivity contribution in [1.29, 1.82) is 0 Å². The third kappa shape index (κ3) is 4.44. The van der Waals surface area contributed by atoms with E-state index in [1.807, 2.05) is 0 Å². The number of nitrogens with two attached hydrogens (primary N) is 1. The molecule has 0 unspecified atom stereocenters. The summed E-state index contributed by atoms with van der Waals surface area (Å²) in [6, 6.07) is 0.449. The zero-order chi connectivity index (χ0) is 14.6. The average Bonchev–Trinajstić information content (AvgIpc) is 2.41. The van der Waals surface area contributed by atoms with Crippen LogP contribution in [0.25, 0.3) is 0 Å². The fourth-order valence-electron chi connectivity index (χ4n) is 4.43. The first kappa shape index (κ1) is 16.3. The van der Waals surface area contributed by atoms with Gasteiger partial charge in [-0.1, -0.05) is 13.8 Å². The molecule has 3 heteroatoms. The van der Waals surface area contributed by atoms with Gasteiger partial charge in [0.15, 0.2) is 0 Å². The second-order valence-corrected chi connectivity index (χ2v) is 7.88. The smallest absolute Gasteiger partial charge is 0.0499 e. The van der Waals surface area contributed by atoms with Crippen molar-refractivity contribution in [1.82, 2.24) is 4.90 Å². The molecule has 2 aliphatic rings. The van der Waals surface area contributed by atoms with Crippen LogP contribution in [0.3, 0.4) is 0 Å². The molecule has 3 nitrogen and oxygen atoms in total. The van der Waals surface area contributed by atoms with Crippen LogP contribution in [0.4, 0.5) is 0 Å². The quantitative estimate of drug-likeness (QED) is 0.815. The summed E-state index contributed by atoms with van der Waals surface area (Å²) < 4.78 is 0. The highest BCUT2D eigenvalue weighted by atomic mass is 16.3. The van der Waals surface area contributed by atoms with Gasteiger partial charge in [-0.3, -0.25) is 0 Å². The molecule has 1 atom stereocenters. The lowest BCUT2D eigenvalue weighted by molar-refractivity contribution is 0.00822. The van der Waals surface area contributed by atoms with Crippen molar-refractivity contribution >= 4 is 0 Å². The predicted octanol–water partition coefficient (Wildman–Crippen LogP) is 2.62. The molecule has 0 bridgehead atoms. The summed E-state index contributed by atoms with van der Waals surface area (Å²) in [6.07, 6.45) is 8.62. The Balaban J connectivity index is 1.86. The van der Waals surface area contributed by atoms with E-state index in [4.69, 9.17) is 5.73 Å². The second kappa shape index (κ2) is 7.24. The number of hydrogen-bond acceptors (Lipinski definition) is 3. The van der Waals surface area contributed by atoms with Crippen LogP contribution in [0.5, 0.6) is 0 Å². The minimum atomic E-state index is 0.164. The molecule has 1 saturated heterocycles. The van der Waals surface area contributed by atoms with Crippen molar-refractivity contribution in [2.75, 3.05) is 26.2 Å². The van der Waals surface area contributed by atoms with Crippen molar-refractivity contribution in [2.45, 2.75) is 64.8 Å². The number of aliphatic hydroxyl groups is 1. The van der Waals surface area contributed by atoms with E-state index in [2.05, 4.69) is 18.7 Å². The maximum Gasteiger partial charge on any atom is 0.0499 e. The van der Waals surface area contributed by atoms with Crippen LogP contribution < -0.4 is 5.73 Å². The Morgan fingerprint density at radius 3 is 2.55 bits per heavy atom. The van der Waals surface area contributed by atoms with Crippen LogP contribution in [0.15, 0.2) is 0 Å². The van der Waals surface area contributed by atoms with E-state index in [0.29, 0.717) is 18.6 Å². The molecule has 0 amide bonds. The summed E-state index contributed by atoms with van der Waals surface area (Å²) in [5.41, 5.74) is 6.17. The number of hydrogen-bond donors (Lipinski definition) is 2. The largest absolute Gasteiger partial charge is 0.396 e. The van der Waals surface area contributed by atoms with E-state index in [1.54, 1.807) is 0 Å². The van der Waals surface area contributed by atoms with E-state index in [0.717, 1.165) is 18.9 Å². The van der Waals surface area contributed by atoms with Crippen LogP contribution in [-0.4, -0.2) is 42.3 Å². The number of rotatable bonds is 5. The van der Waals surface area contributed by atoms with E-state index in [9.17, 15) is 5.11 Å². The van der Waals surface area contributed by atoms with E-state index in [1.165, 1.54) is 51.6 Å². The lowest BCUT2D eigenvalue weighted by Crippen LogP contribution is -2.48. The van der Waals surface area contributed by atoms with Crippen LogP contribution in [-0.2, 0) is 0 Å². The first-order chi connectivity index (χ1) is 9.53. The molecule has 20 heavy (non-hydrogen) atoms. The predicted molar refractivity (Wildman–Crippen MR) is 84.6 cm³/mol. The molecule has 1 aliphatic carbocycles. The monoisotopic (exact) mass is 282 g/mol. The molecule has 1 heterocycles. The highest BCUT2D eigenvalue weighted by Gasteiger charge is 2.36. The SMILES string of the molecule is CC(C)C[C@]1(CO)CCCN(CC2CCC(N)CC2)C1. The third-order valence-corrected chi connectivity index (χ3v) is 5.32. The standard InChI is InChI=1S/C17H34N2O/c1-14(2)10-17(13-20)8-3-9-19(12-17)11-15-4-6-16(18)7-5-15/h14-16,20H,3-13,18H2,1-2H3/t15?,16?,17-/m1/s1. The molecule has 1 saturated carbocycles. The summed E-state index contributed by atoms with van der Waals surface area (Å²) in [7, 11) is 0. The molecular weight excluding hydrogens is 248 g/mol. The fourth-order valence-corrected chi connectivity index (χ4v) is 4.43. The van der Waals surface area contributed by atoms with Crippen LogP contribution in [0.2, 0.25) is 0 Å². The number of nitrogens with zero attached hydrogens (tertiary/aromatic N) is 1. The molecule has 1 aliphatic heterocycles. The van der Waals surface area contributed by atoms with Gasteiger partial charge < -0.3 is 15.7 Å².